The van der Waals surface area contributed by atoms with Gasteiger partial charge in [0.15, 0.2) is 18.5 Å². The number of aromatic nitrogens is 4. The lowest BCUT2D eigenvalue weighted by atomic mass is 10.2. The summed E-state index contributed by atoms with van der Waals surface area (Å²) in [6.45, 7) is 2.94. The van der Waals surface area contributed by atoms with Crippen LogP contribution in [0.15, 0.2) is 61.3 Å². The average molecular weight is 407 g/mol. The zero-order chi connectivity index (χ0) is 21.4. The first-order valence-corrected chi connectivity index (χ1v) is 8.30. The molecule has 0 unspecified atom stereocenters. The summed E-state index contributed by atoms with van der Waals surface area (Å²) in [5, 5.41) is 12.8. The van der Waals surface area contributed by atoms with Gasteiger partial charge in [0.05, 0.1) is 30.0 Å². The van der Waals surface area contributed by atoms with Gasteiger partial charge in [0.2, 0.25) is 0 Å². The Labute approximate surface area is 164 Å². The number of benzene rings is 1. The van der Waals surface area contributed by atoms with Gasteiger partial charge in [0.1, 0.15) is 12.6 Å². The summed E-state index contributed by atoms with van der Waals surface area (Å²) in [6, 6.07) is 9.52. The first-order chi connectivity index (χ1) is 13.7. The van der Waals surface area contributed by atoms with Crippen LogP contribution in [0.25, 0.3) is 22.3 Å². The van der Waals surface area contributed by atoms with E-state index in [1.165, 1.54) is 0 Å². The third-order valence-corrected chi connectivity index (χ3v) is 3.63. The second kappa shape index (κ2) is 9.58. The molecule has 0 bridgehead atoms. The number of fused-ring (bicyclic) bond motifs is 1. The van der Waals surface area contributed by atoms with Crippen LogP contribution in [-0.4, -0.2) is 39.4 Å². The molecule has 0 amide bonds. The molecule has 0 aliphatic rings. The quantitative estimate of drug-likeness (QED) is 0.516. The summed E-state index contributed by atoms with van der Waals surface area (Å²) in [7, 11) is 0.926. The number of halogens is 3. The molecular weight excluding hydrogens is 389 g/mol. The maximum atomic E-state index is 11.2. The van der Waals surface area contributed by atoms with E-state index in [0.29, 0.717) is 6.54 Å². The Balaban J connectivity index is 0.000000321. The highest BCUT2D eigenvalue weighted by atomic mass is 19.4. The molecule has 2 aromatic heterocycles. The Bertz CT molecular complexity index is 992. The van der Waals surface area contributed by atoms with Gasteiger partial charge in [-0.25, -0.2) is 4.98 Å². The van der Waals surface area contributed by atoms with Gasteiger partial charge < -0.3 is 9.84 Å². The molecule has 1 N–H and O–H groups in total. The van der Waals surface area contributed by atoms with E-state index < -0.39 is 17.9 Å². The Hall–Kier alpha value is -3.56. The van der Waals surface area contributed by atoms with Crippen LogP contribution in [0.2, 0.25) is 0 Å². The molecule has 0 radical (unpaired) electrons. The Kier molecular flexibility index (Phi) is 7.18. The molecule has 0 atom stereocenters. The third-order valence-electron chi connectivity index (χ3n) is 3.63. The highest BCUT2D eigenvalue weighted by molar-refractivity contribution is 5.76. The van der Waals surface area contributed by atoms with Crippen molar-refractivity contribution in [2.45, 2.75) is 19.1 Å². The number of nitrogens with zero attached hydrogens (tertiary/aromatic N) is 4. The van der Waals surface area contributed by atoms with Crippen LogP contribution >= 0.6 is 0 Å². The highest BCUT2D eigenvalue weighted by Crippen LogP contribution is 2.23. The van der Waals surface area contributed by atoms with Gasteiger partial charge in [-0.1, -0.05) is 23.4 Å². The number of methoxy groups -OCH3 is 1. The minimum Gasteiger partial charge on any atom is -0.493 e. The zero-order valence-corrected chi connectivity index (χ0v) is 15.4. The monoisotopic (exact) mass is 407 g/mol. The molecular formula is C19H18F3N4O3+. The molecule has 0 saturated heterocycles. The number of carboxylic acid groups (broad SMARTS) is 1. The van der Waals surface area contributed by atoms with Gasteiger partial charge in [0, 0.05) is 11.6 Å². The van der Waals surface area contributed by atoms with E-state index in [2.05, 4.69) is 26.4 Å². The summed E-state index contributed by atoms with van der Waals surface area (Å²) in [5.74, 6) is -2.01. The number of carboxylic acids is 1. The number of alkyl halides is 3. The topological polar surface area (TPSA) is 89.1 Å². The molecule has 2 heterocycles. The minimum absolute atomic E-state index is 0.0484. The lowest BCUT2D eigenvalue weighted by molar-refractivity contribution is -0.752. The van der Waals surface area contributed by atoms with E-state index in [0.717, 1.165) is 29.4 Å². The summed E-state index contributed by atoms with van der Waals surface area (Å²) in [6.07, 6.45) is 0.762. The molecule has 0 aliphatic carbocycles. The average Bonchev–Trinajstić information content (AvgIpc) is 2.71. The Morgan fingerprint density at radius 3 is 2.41 bits per heavy atom. The standard InChI is InChI=1S/C15H12N4O2.C4H5F3O/c20-15(21)6-8-19-7-5-11(9-17-19)14-10-16-12-3-1-2-4-13(12)18-14;1-3(8-2)4(5,6)7/h1-5,7,9-10H,6,8H2;1H2,2H3/p+1. The van der Waals surface area contributed by atoms with E-state index in [1.54, 1.807) is 23.3 Å². The molecule has 29 heavy (non-hydrogen) atoms. The van der Waals surface area contributed by atoms with Crippen LogP contribution in [-0.2, 0) is 16.1 Å². The van der Waals surface area contributed by atoms with Gasteiger partial charge >= 0.3 is 12.1 Å². The fraction of sp³-hybridized carbons (Fsp3) is 0.211. The second-order valence-electron chi connectivity index (χ2n) is 5.69. The maximum absolute atomic E-state index is 11.2. The first-order valence-electron chi connectivity index (χ1n) is 8.30. The minimum atomic E-state index is -4.41. The van der Waals surface area contributed by atoms with Crippen molar-refractivity contribution in [1.29, 1.82) is 0 Å². The first kappa shape index (κ1) is 21.7. The number of rotatable bonds is 5. The predicted octanol–water partition coefficient (Wildman–Crippen LogP) is 3.16. The molecule has 1 aromatic carbocycles. The van der Waals surface area contributed by atoms with E-state index in [-0.39, 0.29) is 6.42 Å². The molecule has 0 saturated carbocycles. The van der Waals surface area contributed by atoms with Crippen LogP contribution in [0.3, 0.4) is 0 Å². The fourth-order valence-electron chi connectivity index (χ4n) is 2.09. The van der Waals surface area contributed by atoms with E-state index in [1.807, 2.05) is 30.3 Å². The lowest BCUT2D eigenvalue weighted by Crippen LogP contribution is -2.38. The smallest absolute Gasteiger partial charge is 0.448 e. The normalized spacial score (nSPS) is 10.8. The van der Waals surface area contributed by atoms with Crippen molar-refractivity contribution in [3.05, 3.63) is 61.3 Å². The zero-order valence-electron chi connectivity index (χ0n) is 15.4. The molecule has 0 spiro atoms. The second-order valence-corrected chi connectivity index (χ2v) is 5.69. The number of para-hydroxylation sites is 2. The van der Waals surface area contributed by atoms with Crippen LogP contribution in [0, 0.1) is 0 Å². The number of aliphatic carboxylic acids is 1. The van der Waals surface area contributed by atoms with Crippen molar-refractivity contribution >= 4 is 17.0 Å². The molecule has 3 aromatic rings. The van der Waals surface area contributed by atoms with Crippen LogP contribution in [0.5, 0.6) is 0 Å². The fourth-order valence-corrected chi connectivity index (χ4v) is 2.09. The summed E-state index contributed by atoms with van der Waals surface area (Å²) < 4.78 is 39.1. The number of aryl methyl sites for hydroxylation is 1. The van der Waals surface area contributed by atoms with Gasteiger partial charge in [0.25, 0.3) is 0 Å². The van der Waals surface area contributed by atoms with Crippen LogP contribution in [0.4, 0.5) is 13.2 Å². The van der Waals surface area contributed by atoms with E-state index in [4.69, 9.17) is 5.11 Å². The summed E-state index contributed by atoms with van der Waals surface area (Å²) >= 11 is 0. The number of hydrogen-bond donors (Lipinski definition) is 1. The van der Waals surface area contributed by atoms with E-state index >= 15 is 0 Å². The van der Waals surface area contributed by atoms with Gasteiger partial charge in [-0.3, -0.25) is 9.78 Å². The van der Waals surface area contributed by atoms with Crippen molar-refractivity contribution in [3.63, 3.8) is 0 Å². The Morgan fingerprint density at radius 2 is 1.90 bits per heavy atom. The molecule has 10 heteroatoms. The molecule has 0 fully saturated rings. The molecule has 3 rings (SSSR count). The van der Waals surface area contributed by atoms with Crippen molar-refractivity contribution < 1.29 is 32.5 Å². The summed E-state index contributed by atoms with van der Waals surface area (Å²) in [4.78, 5) is 19.4. The lowest BCUT2D eigenvalue weighted by Gasteiger charge is -2.06. The van der Waals surface area contributed by atoms with Crippen molar-refractivity contribution in [3.8, 4) is 11.3 Å². The van der Waals surface area contributed by atoms with Crippen molar-refractivity contribution in [1.82, 2.24) is 15.1 Å². The predicted molar refractivity (Wildman–Crippen MR) is 97.4 cm³/mol. The summed E-state index contributed by atoms with van der Waals surface area (Å²) in [5.41, 5.74) is 3.27. The maximum Gasteiger partial charge on any atom is 0.448 e. The SMILES string of the molecule is C=C(OC)C(F)(F)F.O=C(O)CC[n+]1ccc(-c2cnc3ccccc3n2)cn1. The molecule has 0 aliphatic heterocycles. The van der Waals surface area contributed by atoms with Gasteiger partial charge in [-0.15, -0.1) is 0 Å². The number of allylic oxidation sites excluding steroid dienone is 1. The number of ether oxygens (including phenoxy) is 1. The van der Waals surface area contributed by atoms with E-state index in [9.17, 15) is 18.0 Å². The molecule has 152 valence electrons. The van der Waals surface area contributed by atoms with Crippen molar-refractivity contribution in [2.24, 2.45) is 0 Å². The highest BCUT2D eigenvalue weighted by Gasteiger charge is 2.33. The Morgan fingerprint density at radius 1 is 1.21 bits per heavy atom. The molecule has 7 nitrogen and oxygen atoms in total. The van der Waals surface area contributed by atoms with Gasteiger partial charge in [-0.2, -0.15) is 13.2 Å². The van der Waals surface area contributed by atoms with Gasteiger partial charge in [-0.05, 0) is 17.2 Å². The van der Waals surface area contributed by atoms with Crippen LogP contribution < -0.4 is 4.68 Å². The van der Waals surface area contributed by atoms with Crippen LogP contribution in [0.1, 0.15) is 6.42 Å². The third kappa shape index (κ3) is 6.52. The number of hydrogen-bond acceptors (Lipinski definition) is 5. The largest absolute Gasteiger partial charge is 0.493 e. The number of carbonyl (C=O) groups is 1. The van der Waals surface area contributed by atoms with Crippen molar-refractivity contribution in [2.75, 3.05) is 7.11 Å².